The summed E-state index contributed by atoms with van der Waals surface area (Å²) in [4.78, 5) is 0. The SMILES string of the molecule is CC(C)CNC(C)(CO)c1ccc(Br)cc1Cl. The Balaban J connectivity index is 2.98. The molecule has 0 amide bonds. The summed E-state index contributed by atoms with van der Waals surface area (Å²) in [5.74, 6) is 0.523. The minimum absolute atomic E-state index is 0.0150. The zero-order valence-corrected chi connectivity index (χ0v) is 12.8. The van der Waals surface area contributed by atoms with E-state index in [9.17, 15) is 5.11 Å². The second-order valence-electron chi connectivity index (χ2n) is 4.89. The lowest BCUT2D eigenvalue weighted by Crippen LogP contribution is -2.44. The van der Waals surface area contributed by atoms with Gasteiger partial charge >= 0.3 is 0 Å². The van der Waals surface area contributed by atoms with Gasteiger partial charge in [-0.05, 0) is 37.1 Å². The van der Waals surface area contributed by atoms with Crippen LogP contribution < -0.4 is 5.32 Å². The fraction of sp³-hybridized carbons (Fsp3) is 0.538. The quantitative estimate of drug-likeness (QED) is 0.869. The van der Waals surface area contributed by atoms with Crippen LogP contribution in [0.25, 0.3) is 0 Å². The average molecular weight is 321 g/mol. The van der Waals surface area contributed by atoms with Crippen LogP contribution in [0.4, 0.5) is 0 Å². The summed E-state index contributed by atoms with van der Waals surface area (Å²) in [6.07, 6.45) is 0. The molecule has 0 fully saturated rings. The first kappa shape index (κ1) is 15.0. The maximum Gasteiger partial charge on any atom is 0.0655 e. The van der Waals surface area contributed by atoms with Crippen molar-refractivity contribution < 1.29 is 5.11 Å². The normalized spacial score (nSPS) is 15.0. The van der Waals surface area contributed by atoms with E-state index in [1.165, 1.54) is 0 Å². The molecule has 0 aliphatic heterocycles. The van der Waals surface area contributed by atoms with Crippen molar-refractivity contribution in [1.29, 1.82) is 0 Å². The average Bonchev–Trinajstić information content (AvgIpc) is 2.26. The van der Waals surface area contributed by atoms with Crippen molar-refractivity contribution in [2.24, 2.45) is 5.92 Å². The molecule has 96 valence electrons. The molecule has 4 heteroatoms. The van der Waals surface area contributed by atoms with Gasteiger partial charge in [0.15, 0.2) is 0 Å². The topological polar surface area (TPSA) is 32.3 Å². The molecule has 0 heterocycles. The standard InChI is InChI=1S/C13H19BrClNO/c1-9(2)7-16-13(3,8-17)11-5-4-10(14)6-12(11)15/h4-6,9,16-17H,7-8H2,1-3H3. The number of hydrogen-bond donors (Lipinski definition) is 2. The Morgan fingerprint density at radius 3 is 2.59 bits per heavy atom. The highest BCUT2D eigenvalue weighted by Crippen LogP contribution is 2.30. The van der Waals surface area contributed by atoms with Crippen LogP contribution in [0.5, 0.6) is 0 Å². The Bertz CT molecular complexity index is 384. The third-order valence-electron chi connectivity index (χ3n) is 2.74. The molecule has 1 unspecified atom stereocenters. The minimum Gasteiger partial charge on any atom is -0.394 e. The number of halogens is 2. The molecule has 2 nitrogen and oxygen atoms in total. The Morgan fingerprint density at radius 2 is 2.12 bits per heavy atom. The van der Waals surface area contributed by atoms with E-state index in [4.69, 9.17) is 11.6 Å². The number of nitrogens with one attached hydrogen (secondary N) is 1. The molecule has 0 spiro atoms. The van der Waals surface area contributed by atoms with Crippen LogP contribution in [-0.4, -0.2) is 18.3 Å². The molecule has 0 saturated heterocycles. The lowest BCUT2D eigenvalue weighted by Gasteiger charge is -2.31. The lowest BCUT2D eigenvalue weighted by atomic mass is 9.92. The van der Waals surface area contributed by atoms with Crippen molar-refractivity contribution in [3.05, 3.63) is 33.3 Å². The number of aliphatic hydroxyl groups is 1. The molecule has 0 saturated carbocycles. The molecule has 2 N–H and O–H groups in total. The molecule has 1 atom stereocenters. The summed E-state index contributed by atoms with van der Waals surface area (Å²) < 4.78 is 0.940. The number of aliphatic hydroxyl groups excluding tert-OH is 1. The zero-order valence-electron chi connectivity index (χ0n) is 10.4. The molecule has 17 heavy (non-hydrogen) atoms. The first-order chi connectivity index (χ1) is 7.89. The molecular weight excluding hydrogens is 302 g/mol. The molecule has 1 aromatic carbocycles. The van der Waals surface area contributed by atoms with Crippen LogP contribution in [0.15, 0.2) is 22.7 Å². The van der Waals surface area contributed by atoms with Crippen molar-refractivity contribution in [1.82, 2.24) is 5.32 Å². The van der Waals surface area contributed by atoms with Gasteiger partial charge in [-0.1, -0.05) is 47.4 Å². The second kappa shape index (κ2) is 6.19. The third kappa shape index (κ3) is 3.95. The van der Waals surface area contributed by atoms with E-state index in [2.05, 4.69) is 35.1 Å². The van der Waals surface area contributed by atoms with Crippen LogP contribution in [0, 0.1) is 5.92 Å². The van der Waals surface area contributed by atoms with Crippen molar-refractivity contribution >= 4 is 27.5 Å². The van der Waals surface area contributed by atoms with Gasteiger partial charge in [0, 0.05) is 9.50 Å². The third-order valence-corrected chi connectivity index (χ3v) is 3.55. The first-order valence-electron chi connectivity index (χ1n) is 5.70. The number of hydrogen-bond acceptors (Lipinski definition) is 2. The minimum atomic E-state index is -0.498. The summed E-state index contributed by atoms with van der Waals surface area (Å²) in [7, 11) is 0. The van der Waals surface area contributed by atoms with Gasteiger partial charge in [0.2, 0.25) is 0 Å². The van der Waals surface area contributed by atoms with Crippen LogP contribution >= 0.6 is 27.5 Å². The second-order valence-corrected chi connectivity index (χ2v) is 6.21. The van der Waals surface area contributed by atoms with Crippen LogP contribution in [0.3, 0.4) is 0 Å². The summed E-state index contributed by atoms with van der Waals surface area (Å²) in [6, 6.07) is 5.73. The number of rotatable bonds is 5. The summed E-state index contributed by atoms with van der Waals surface area (Å²) in [5.41, 5.74) is 0.424. The Kier molecular flexibility index (Phi) is 5.45. The van der Waals surface area contributed by atoms with Crippen LogP contribution in [-0.2, 0) is 5.54 Å². The van der Waals surface area contributed by atoms with E-state index in [0.717, 1.165) is 16.6 Å². The molecule has 0 radical (unpaired) electrons. The van der Waals surface area contributed by atoms with Gasteiger partial charge in [-0.15, -0.1) is 0 Å². The van der Waals surface area contributed by atoms with Gasteiger partial charge in [0.05, 0.1) is 12.1 Å². The molecule has 0 aliphatic carbocycles. The monoisotopic (exact) mass is 319 g/mol. The molecular formula is C13H19BrClNO. The smallest absolute Gasteiger partial charge is 0.0655 e. The fourth-order valence-corrected chi connectivity index (χ4v) is 2.48. The lowest BCUT2D eigenvalue weighted by molar-refractivity contribution is 0.171. The largest absolute Gasteiger partial charge is 0.394 e. The van der Waals surface area contributed by atoms with Crippen LogP contribution in [0.2, 0.25) is 5.02 Å². The predicted octanol–water partition coefficient (Wildman–Crippen LogP) is 3.56. The van der Waals surface area contributed by atoms with Gasteiger partial charge in [0.1, 0.15) is 0 Å². The van der Waals surface area contributed by atoms with Gasteiger partial charge in [-0.25, -0.2) is 0 Å². The molecule has 1 aromatic rings. The highest BCUT2D eigenvalue weighted by Gasteiger charge is 2.27. The van der Waals surface area contributed by atoms with Gasteiger partial charge in [-0.3, -0.25) is 0 Å². The van der Waals surface area contributed by atoms with E-state index in [0.29, 0.717) is 10.9 Å². The number of benzene rings is 1. The Morgan fingerprint density at radius 1 is 1.47 bits per heavy atom. The van der Waals surface area contributed by atoms with Crippen LogP contribution in [0.1, 0.15) is 26.3 Å². The summed E-state index contributed by atoms with van der Waals surface area (Å²) in [5, 5.41) is 13.6. The van der Waals surface area contributed by atoms with Gasteiger partial charge in [0.25, 0.3) is 0 Å². The van der Waals surface area contributed by atoms with Gasteiger partial charge in [-0.2, -0.15) is 0 Å². The van der Waals surface area contributed by atoms with Crippen molar-refractivity contribution in [2.45, 2.75) is 26.3 Å². The summed E-state index contributed by atoms with van der Waals surface area (Å²) in [6.45, 7) is 7.08. The molecule has 0 bridgehead atoms. The molecule has 1 rings (SSSR count). The van der Waals surface area contributed by atoms with Crippen molar-refractivity contribution in [3.63, 3.8) is 0 Å². The van der Waals surface area contributed by atoms with Crippen molar-refractivity contribution in [3.8, 4) is 0 Å². The molecule has 0 aliphatic rings. The van der Waals surface area contributed by atoms with Gasteiger partial charge < -0.3 is 10.4 Å². The maximum absolute atomic E-state index is 9.61. The fourth-order valence-electron chi connectivity index (χ4n) is 1.60. The Hall–Kier alpha value is -0.0900. The van der Waals surface area contributed by atoms with E-state index in [-0.39, 0.29) is 6.61 Å². The Labute approximate surface area is 117 Å². The summed E-state index contributed by atoms with van der Waals surface area (Å²) >= 11 is 9.61. The maximum atomic E-state index is 9.61. The molecule has 0 aromatic heterocycles. The zero-order chi connectivity index (χ0) is 13.1. The van der Waals surface area contributed by atoms with E-state index in [1.54, 1.807) is 0 Å². The van der Waals surface area contributed by atoms with E-state index in [1.807, 2.05) is 25.1 Å². The highest BCUT2D eigenvalue weighted by atomic mass is 79.9. The van der Waals surface area contributed by atoms with Crippen molar-refractivity contribution in [2.75, 3.05) is 13.2 Å². The van der Waals surface area contributed by atoms with E-state index >= 15 is 0 Å². The highest BCUT2D eigenvalue weighted by molar-refractivity contribution is 9.10. The van der Waals surface area contributed by atoms with E-state index < -0.39 is 5.54 Å². The first-order valence-corrected chi connectivity index (χ1v) is 6.87. The predicted molar refractivity (Wildman–Crippen MR) is 76.4 cm³/mol.